The average molecular weight is 301 g/mol. The predicted octanol–water partition coefficient (Wildman–Crippen LogP) is 2.74. The van der Waals surface area contributed by atoms with E-state index in [9.17, 15) is 0 Å². The number of rotatable bonds is 0. The van der Waals surface area contributed by atoms with Crippen molar-refractivity contribution < 1.29 is 0 Å². The lowest BCUT2D eigenvalue weighted by Crippen LogP contribution is -1.90. The molecule has 3 aromatic heterocycles. The summed E-state index contributed by atoms with van der Waals surface area (Å²) < 4.78 is 2.07. The number of nitrogen functional groups attached to an aromatic ring is 1. The molecule has 0 atom stereocenters. The van der Waals surface area contributed by atoms with E-state index in [1.807, 2.05) is 44.4 Å². The lowest BCUT2D eigenvalue weighted by molar-refractivity contribution is 0.886. The van der Waals surface area contributed by atoms with Gasteiger partial charge in [0.15, 0.2) is 0 Å². The Bertz CT molecular complexity index is 1110. The summed E-state index contributed by atoms with van der Waals surface area (Å²) in [6.45, 7) is 1.99. The first-order chi connectivity index (χ1) is 11.1. The first kappa shape index (κ1) is 13.4. The molecule has 0 saturated carbocycles. The second kappa shape index (κ2) is 4.89. The van der Waals surface area contributed by atoms with Gasteiger partial charge in [-0.2, -0.15) is 0 Å². The number of hydrogen-bond donors (Lipinski definition) is 2. The normalized spacial score (nSPS) is 10.9. The lowest BCUT2D eigenvalue weighted by atomic mass is 10.1. The van der Waals surface area contributed by atoms with Crippen LogP contribution in [0.2, 0.25) is 0 Å². The van der Waals surface area contributed by atoms with Crippen LogP contribution in [0.25, 0.3) is 21.9 Å². The van der Waals surface area contributed by atoms with E-state index in [0.29, 0.717) is 5.82 Å². The van der Waals surface area contributed by atoms with Crippen molar-refractivity contribution in [3.05, 3.63) is 53.6 Å². The first-order valence-corrected chi connectivity index (χ1v) is 7.30. The fraction of sp³-hybridized carbons (Fsp3) is 0.111. The van der Waals surface area contributed by atoms with E-state index < -0.39 is 0 Å². The molecule has 5 heteroatoms. The van der Waals surface area contributed by atoms with Gasteiger partial charge in [-0.05, 0) is 31.2 Å². The number of nitrogens with zero attached hydrogens (tertiary/aromatic N) is 3. The van der Waals surface area contributed by atoms with Crippen LogP contribution in [-0.4, -0.2) is 19.5 Å². The lowest BCUT2D eigenvalue weighted by Gasteiger charge is -1.96. The fourth-order valence-electron chi connectivity index (χ4n) is 2.74. The summed E-state index contributed by atoms with van der Waals surface area (Å²) in [6, 6.07) is 7.95. The van der Waals surface area contributed by atoms with Crippen molar-refractivity contribution in [3.8, 4) is 11.8 Å². The number of nitrogens with one attached hydrogen (secondary N) is 1. The summed E-state index contributed by atoms with van der Waals surface area (Å²) in [5, 5.41) is 0.870. The average Bonchev–Trinajstić information content (AvgIpc) is 3.08. The second-order valence-electron chi connectivity index (χ2n) is 5.49. The van der Waals surface area contributed by atoms with Crippen LogP contribution in [0.1, 0.15) is 17.0 Å². The minimum atomic E-state index is 0.490. The summed E-state index contributed by atoms with van der Waals surface area (Å²) in [5.41, 5.74) is 10.7. The Morgan fingerprint density at radius 2 is 2.09 bits per heavy atom. The molecule has 0 aliphatic rings. The van der Waals surface area contributed by atoms with Crippen LogP contribution in [0.5, 0.6) is 0 Å². The minimum Gasteiger partial charge on any atom is -0.383 e. The van der Waals surface area contributed by atoms with Crippen molar-refractivity contribution in [2.45, 2.75) is 6.92 Å². The molecule has 0 saturated heterocycles. The van der Waals surface area contributed by atoms with Crippen molar-refractivity contribution in [1.29, 1.82) is 0 Å². The van der Waals surface area contributed by atoms with E-state index >= 15 is 0 Å². The summed E-state index contributed by atoms with van der Waals surface area (Å²) in [4.78, 5) is 11.8. The molecule has 0 radical (unpaired) electrons. The Morgan fingerprint density at radius 3 is 2.96 bits per heavy atom. The van der Waals surface area contributed by atoms with Crippen LogP contribution in [-0.2, 0) is 7.05 Å². The number of aromatic amines is 1. The highest BCUT2D eigenvalue weighted by Crippen LogP contribution is 2.22. The van der Waals surface area contributed by atoms with Gasteiger partial charge in [-0.15, -0.1) is 0 Å². The van der Waals surface area contributed by atoms with Crippen molar-refractivity contribution in [2.24, 2.45) is 7.05 Å². The zero-order valence-electron chi connectivity index (χ0n) is 12.9. The second-order valence-corrected chi connectivity index (χ2v) is 5.49. The van der Waals surface area contributed by atoms with Crippen LogP contribution in [0.15, 0.2) is 36.7 Å². The van der Waals surface area contributed by atoms with Gasteiger partial charge in [0.2, 0.25) is 0 Å². The zero-order valence-corrected chi connectivity index (χ0v) is 12.9. The maximum absolute atomic E-state index is 5.95. The Hall–Kier alpha value is -3.26. The molecule has 3 heterocycles. The molecule has 112 valence electrons. The number of aryl methyl sites for hydroxylation is 2. The molecular formula is C18H15N5. The number of imidazole rings is 1. The smallest absolute Gasteiger partial charge is 0.134 e. The van der Waals surface area contributed by atoms with Gasteiger partial charge in [0.05, 0.1) is 27.5 Å². The topological polar surface area (TPSA) is 72.5 Å². The Balaban J connectivity index is 1.80. The third-order valence-electron chi connectivity index (χ3n) is 4.07. The largest absolute Gasteiger partial charge is 0.383 e. The number of benzene rings is 1. The quantitative estimate of drug-likeness (QED) is 0.490. The summed E-state index contributed by atoms with van der Waals surface area (Å²) >= 11 is 0. The molecule has 4 rings (SSSR count). The number of aromatic nitrogens is 4. The highest BCUT2D eigenvalue weighted by atomic mass is 15.0. The third kappa shape index (κ3) is 2.12. The molecule has 3 N–H and O–H groups in total. The Kier molecular flexibility index (Phi) is 2.85. The van der Waals surface area contributed by atoms with Crippen molar-refractivity contribution in [2.75, 3.05) is 5.73 Å². The number of pyridine rings is 1. The molecule has 23 heavy (non-hydrogen) atoms. The van der Waals surface area contributed by atoms with Gasteiger partial charge in [-0.1, -0.05) is 11.8 Å². The molecular weight excluding hydrogens is 286 g/mol. The summed E-state index contributed by atoms with van der Waals surface area (Å²) in [5.74, 6) is 7.84. The van der Waals surface area contributed by atoms with E-state index in [0.717, 1.165) is 38.9 Å². The van der Waals surface area contributed by atoms with E-state index in [-0.39, 0.29) is 0 Å². The highest BCUT2D eigenvalue weighted by molar-refractivity contribution is 5.94. The molecule has 5 nitrogen and oxygen atoms in total. The number of nitrogens with two attached hydrogens (primary N) is 1. The van der Waals surface area contributed by atoms with Crippen molar-refractivity contribution in [3.63, 3.8) is 0 Å². The molecule has 0 spiro atoms. The molecule has 1 aromatic carbocycles. The van der Waals surface area contributed by atoms with E-state index in [1.165, 1.54) is 0 Å². The Labute approximate surface area is 133 Å². The number of H-pyrrole nitrogens is 1. The van der Waals surface area contributed by atoms with Crippen LogP contribution in [0.4, 0.5) is 5.82 Å². The van der Waals surface area contributed by atoms with Crippen LogP contribution < -0.4 is 5.73 Å². The molecule has 0 amide bonds. The Morgan fingerprint density at radius 1 is 1.22 bits per heavy atom. The fourth-order valence-corrected chi connectivity index (χ4v) is 2.74. The molecule has 0 aliphatic heterocycles. The number of hydrogen-bond acceptors (Lipinski definition) is 3. The molecule has 0 aliphatic carbocycles. The molecule has 0 unspecified atom stereocenters. The standard InChI is InChI=1S/C18H15N5/c1-11-22-15-9-12(4-6-16(15)23(11)2)3-5-13-10-21-14-7-8-20-18(19)17(13)14/h4,6-10,21H,1-2H3,(H2,19,20). The van der Waals surface area contributed by atoms with Crippen molar-refractivity contribution >= 4 is 27.8 Å². The highest BCUT2D eigenvalue weighted by Gasteiger charge is 2.06. The molecule has 4 aromatic rings. The maximum atomic E-state index is 5.95. The number of anilines is 1. The van der Waals surface area contributed by atoms with Gasteiger partial charge in [-0.3, -0.25) is 0 Å². The maximum Gasteiger partial charge on any atom is 0.134 e. The number of fused-ring (bicyclic) bond motifs is 2. The van der Waals surface area contributed by atoms with E-state index in [1.54, 1.807) is 6.20 Å². The SMILES string of the molecule is Cc1nc2cc(C#Cc3c[nH]c4ccnc(N)c34)ccc2n1C. The van der Waals surface area contributed by atoms with Gasteiger partial charge in [-0.25, -0.2) is 9.97 Å². The minimum absolute atomic E-state index is 0.490. The van der Waals surface area contributed by atoms with E-state index in [4.69, 9.17) is 5.73 Å². The van der Waals surface area contributed by atoms with Gasteiger partial charge >= 0.3 is 0 Å². The van der Waals surface area contributed by atoms with Gasteiger partial charge in [0.1, 0.15) is 11.6 Å². The van der Waals surface area contributed by atoms with Crippen LogP contribution in [0.3, 0.4) is 0 Å². The zero-order chi connectivity index (χ0) is 16.0. The van der Waals surface area contributed by atoms with Crippen molar-refractivity contribution in [1.82, 2.24) is 19.5 Å². The summed E-state index contributed by atoms with van der Waals surface area (Å²) in [7, 11) is 2.01. The van der Waals surface area contributed by atoms with E-state index in [2.05, 4.69) is 31.4 Å². The summed E-state index contributed by atoms with van der Waals surface area (Å²) in [6.07, 6.45) is 3.54. The molecule has 0 bridgehead atoms. The van der Waals surface area contributed by atoms with Gasteiger partial charge in [0, 0.05) is 25.0 Å². The third-order valence-corrected chi connectivity index (χ3v) is 4.07. The predicted molar refractivity (Wildman–Crippen MR) is 91.9 cm³/mol. The van der Waals surface area contributed by atoms with Crippen LogP contribution >= 0.6 is 0 Å². The monoisotopic (exact) mass is 301 g/mol. The first-order valence-electron chi connectivity index (χ1n) is 7.30. The molecule has 0 fully saturated rings. The van der Waals surface area contributed by atoms with Gasteiger partial charge in [0.25, 0.3) is 0 Å². The van der Waals surface area contributed by atoms with Crippen LogP contribution in [0, 0.1) is 18.8 Å². The van der Waals surface area contributed by atoms with Gasteiger partial charge < -0.3 is 15.3 Å².